The molecule has 0 radical (unpaired) electrons. The lowest BCUT2D eigenvalue weighted by molar-refractivity contribution is 0.407. The van der Waals surface area contributed by atoms with Crippen molar-refractivity contribution in [2.75, 3.05) is 13.7 Å². The molecular formula is C21H22N6O. The van der Waals surface area contributed by atoms with Gasteiger partial charge >= 0.3 is 0 Å². The molecule has 0 spiro atoms. The van der Waals surface area contributed by atoms with Gasteiger partial charge in [-0.2, -0.15) is 5.10 Å². The number of aromatic amines is 1. The van der Waals surface area contributed by atoms with Gasteiger partial charge in [-0.1, -0.05) is 48.5 Å². The predicted molar refractivity (Wildman–Crippen MR) is 107 cm³/mol. The topological polar surface area (TPSA) is 79.8 Å². The second-order valence-corrected chi connectivity index (χ2v) is 6.99. The van der Waals surface area contributed by atoms with E-state index in [1.807, 2.05) is 35.1 Å². The van der Waals surface area contributed by atoms with Crippen molar-refractivity contribution in [1.82, 2.24) is 30.6 Å². The van der Waals surface area contributed by atoms with E-state index in [1.54, 1.807) is 7.11 Å². The molecule has 142 valence electrons. The first-order valence-corrected chi connectivity index (χ1v) is 9.40. The van der Waals surface area contributed by atoms with Crippen molar-refractivity contribution in [2.45, 2.75) is 18.5 Å². The minimum atomic E-state index is 0.173. The number of fused-ring (bicyclic) bond motifs is 1. The molecule has 7 nitrogen and oxygen atoms in total. The second-order valence-electron chi connectivity index (χ2n) is 6.99. The average Bonchev–Trinajstić information content (AvgIpc) is 3.45. The Labute approximate surface area is 162 Å². The van der Waals surface area contributed by atoms with Crippen molar-refractivity contribution in [3.05, 3.63) is 77.7 Å². The van der Waals surface area contributed by atoms with E-state index in [0.717, 1.165) is 34.8 Å². The summed E-state index contributed by atoms with van der Waals surface area (Å²) >= 11 is 0. The zero-order valence-electron chi connectivity index (χ0n) is 15.6. The smallest absolute Gasteiger partial charge is 0.176 e. The number of hydrogen-bond acceptors (Lipinski definition) is 5. The number of aromatic nitrogens is 4. The molecule has 3 heterocycles. The van der Waals surface area contributed by atoms with Gasteiger partial charge < -0.3 is 9.72 Å². The van der Waals surface area contributed by atoms with Crippen molar-refractivity contribution < 1.29 is 4.74 Å². The van der Waals surface area contributed by atoms with Crippen molar-refractivity contribution in [3.63, 3.8) is 0 Å². The normalized spacial score (nSPS) is 19.3. The summed E-state index contributed by atoms with van der Waals surface area (Å²) < 4.78 is 7.39. The van der Waals surface area contributed by atoms with Gasteiger partial charge in [0.2, 0.25) is 0 Å². The third kappa shape index (κ3) is 2.94. The number of H-pyrrole nitrogens is 1. The molecule has 0 bridgehead atoms. The van der Waals surface area contributed by atoms with Crippen molar-refractivity contribution in [2.24, 2.45) is 0 Å². The lowest BCUT2D eigenvalue weighted by Gasteiger charge is -2.16. The summed E-state index contributed by atoms with van der Waals surface area (Å²) in [5, 5.41) is 4.51. The number of nitrogens with zero attached hydrogens (tertiary/aromatic N) is 3. The van der Waals surface area contributed by atoms with Gasteiger partial charge in [0.15, 0.2) is 5.65 Å². The molecule has 5 rings (SSSR count). The summed E-state index contributed by atoms with van der Waals surface area (Å²) in [5.41, 5.74) is 10.8. The fourth-order valence-electron chi connectivity index (χ4n) is 3.88. The molecule has 1 aliphatic rings. The molecule has 3 N–H and O–H groups in total. The molecule has 2 aromatic heterocycles. The summed E-state index contributed by atoms with van der Waals surface area (Å²) in [4.78, 5) is 8.37. The maximum absolute atomic E-state index is 5.47. The Kier molecular flexibility index (Phi) is 4.31. The number of nitrogens with one attached hydrogen (secondary N) is 3. The monoisotopic (exact) mass is 374 g/mol. The lowest BCUT2D eigenvalue weighted by Crippen LogP contribution is -2.24. The molecule has 1 aliphatic heterocycles. The number of imidazole rings is 1. The van der Waals surface area contributed by atoms with Gasteiger partial charge in [-0.15, -0.1) is 0 Å². The van der Waals surface area contributed by atoms with E-state index in [-0.39, 0.29) is 12.0 Å². The maximum atomic E-state index is 5.47. The predicted octanol–water partition coefficient (Wildman–Crippen LogP) is 2.75. The van der Waals surface area contributed by atoms with Crippen LogP contribution in [0.25, 0.3) is 11.2 Å². The third-order valence-electron chi connectivity index (χ3n) is 5.31. The number of ether oxygens (including phenoxy) is 1. The van der Waals surface area contributed by atoms with Crippen LogP contribution in [-0.2, 0) is 6.54 Å². The number of methoxy groups -OCH3 is 1. The number of rotatable bonds is 5. The van der Waals surface area contributed by atoms with Crippen LogP contribution < -0.4 is 15.6 Å². The van der Waals surface area contributed by atoms with Gasteiger partial charge in [-0.3, -0.25) is 5.43 Å². The summed E-state index contributed by atoms with van der Waals surface area (Å²) in [6.45, 7) is 1.43. The highest BCUT2D eigenvalue weighted by atomic mass is 16.5. The van der Waals surface area contributed by atoms with E-state index in [4.69, 9.17) is 9.72 Å². The molecule has 1 fully saturated rings. The van der Waals surface area contributed by atoms with Crippen LogP contribution in [0, 0.1) is 0 Å². The van der Waals surface area contributed by atoms with Crippen LogP contribution in [0.2, 0.25) is 0 Å². The zero-order valence-corrected chi connectivity index (χ0v) is 15.6. The molecule has 2 unspecified atom stereocenters. The van der Waals surface area contributed by atoms with Crippen LogP contribution in [0.4, 0.5) is 0 Å². The average molecular weight is 374 g/mol. The van der Waals surface area contributed by atoms with Gasteiger partial charge in [0.05, 0.1) is 31.8 Å². The molecule has 2 aromatic carbocycles. The van der Waals surface area contributed by atoms with Crippen LogP contribution in [-0.4, -0.2) is 33.4 Å². The first kappa shape index (κ1) is 17.0. The van der Waals surface area contributed by atoms with Gasteiger partial charge in [-0.25, -0.2) is 15.1 Å². The summed E-state index contributed by atoms with van der Waals surface area (Å²) in [6.07, 6.45) is 1.84. The minimum Gasteiger partial charge on any atom is -0.496 e. The standard InChI is InChI=1S/C21H22N6O/c1-28-18-10-6-5-9-15(18)13-27-21-17(12-23-27)24-20(25-21)16-11-22-26-19(16)14-7-3-2-4-8-14/h2-10,12,16,19,22,26H,11,13H2,1H3,(H,24,25). The number of benzene rings is 2. The van der Waals surface area contributed by atoms with E-state index in [1.165, 1.54) is 5.56 Å². The molecule has 0 amide bonds. The number of hydrogen-bond donors (Lipinski definition) is 3. The second kappa shape index (κ2) is 7.10. The third-order valence-corrected chi connectivity index (χ3v) is 5.31. The van der Waals surface area contributed by atoms with Gasteiger partial charge in [0.25, 0.3) is 0 Å². The molecule has 4 aromatic rings. The van der Waals surface area contributed by atoms with Gasteiger partial charge in [-0.05, 0) is 11.6 Å². The Morgan fingerprint density at radius 3 is 2.79 bits per heavy atom. The van der Waals surface area contributed by atoms with E-state index in [0.29, 0.717) is 6.54 Å². The zero-order chi connectivity index (χ0) is 18.9. The first-order chi connectivity index (χ1) is 13.8. The van der Waals surface area contributed by atoms with Crippen LogP contribution in [0.15, 0.2) is 60.8 Å². The quantitative estimate of drug-likeness (QED) is 0.501. The number of hydrazine groups is 1. The Balaban J connectivity index is 1.46. The molecular weight excluding hydrogens is 352 g/mol. The molecule has 0 saturated carbocycles. The largest absolute Gasteiger partial charge is 0.496 e. The lowest BCUT2D eigenvalue weighted by atomic mass is 9.94. The van der Waals surface area contributed by atoms with Gasteiger partial charge in [0, 0.05) is 12.1 Å². The highest BCUT2D eigenvalue weighted by molar-refractivity contribution is 5.70. The highest BCUT2D eigenvalue weighted by Crippen LogP contribution is 2.32. The van der Waals surface area contributed by atoms with Crippen LogP contribution in [0.1, 0.15) is 28.9 Å². The van der Waals surface area contributed by atoms with Crippen molar-refractivity contribution >= 4 is 11.2 Å². The SMILES string of the molecule is COc1ccccc1Cn1ncc2[nH]c(C3CNNC3c3ccccc3)nc21. The Bertz CT molecular complexity index is 1090. The molecule has 7 heteroatoms. The van der Waals surface area contributed by atoms with E-state index in [9.17, 15) is 0 Å². The van der Waals surface area contributed by atoms with E-state index in [2.05, 4.69) is 51.3 Å². The van der Waals surface area contributed by atoms with Crippen molar-refractivity contribution in [3.8, 4) is 5.75 Å². The fraction of sp³-hybridized carbons (Fsp3) is 0.238. The van der Waals surface area contributed by atoms with Gasteiger partial charge in [0.1, 0.15) is 17.1 Å². The van der Waals surface area contributed by atoms with E-state index < -0.39 is 0 Å². The Morgan fingerprint density at radius 1 is 1.11 bits per heavy atom. The van der Waals surface area contributed by atoms with Crippen LogP contribution >= 0.6 is 0 Å². The summed E-state index contributed by atoms with van der Waals surface area (Å²) in [6, 6.07) is 18.6. The Morgan fingerprint density at radius 2 is 1.93 bits per heavy atom. The molecule has 1 saturated heterocycles. The van der Waals surface area contributed by atoms with Crippen molar-refractivity contribution in [1.29, 1.82) is 0 Å². The fourth-order valence-corrected chi connectivity index (χ4v) is 3.88. The first-order valence-electron chi connectivity index (χ1n) is 9.40. The highest BCUT2D eigenvalue weighted by Gasteiger charge is 2.32. The van der Waals surface area contributed by atoms with E-state index >= 15 is 0 Å². The molecule has 2 atom stereocenters. The molecule has 0 aliphatic carbocycles. The van der Waals surface area contributed by atoms with Crippen LogP contribution in [0.3, 0.4) is 0 Å². The minimum absolute atomic E-state index is 0.173. The number of para-hydroxylation sites is 1. The Hall–Kier alpha value is -3.16. The van der Waals surface area contributed by atoms with Crippen LogP contribution in [0.5, 0.6) is 5.75 Å². The molecule has 28 heavy (non-hydrogen) atoms. The summed E-state index contributed by atoms with van der Waals surface area (Å²) in [5.74, 6) is 2.04. The summed E-state index contributed by atoms with van der Waals surface area (Å²) in [7, 11) is 1.69. The maximum Gasteiger partial charge on any atom is 0.176 e.